The number of benzene rings is 1. The van der Waals surface area contributed by atoms with Gasteiger partial charge in [0.15, 0.2) is 5.76 Å². The van der Waals surface area contributed by atoms with Crippen LogP contribution in [0.15, 0.2) is 41.0 Å². The van der Waals surface area contributed by atoms with E-state index in [1.807, 2.05) is 30.0 Å². The van der Waals surface area contributed by atoms with Crippen LogP contribution in [-0.2, 0) is 6.42 Å². The fourth-order valence-corrected chi connectivity index (χ4v) is 3.32. The van der Waals surface area contributed by atoms with E-state index in [2.05, 4.69) is 12.1 Å². The molecule has 0 N–H and O–H groups in total. The molecule has 2 aromatic rings. The van der Waals surface area contributed by atoms with Gasteiger partial charge in [0.05, 0.1) is 13.4 Å². The van der Waals surface area contributed by atoms with Gasteiger partial charge in [-0.3, -0.25) is 4.79 Å². The number of likely N-dealkylation sites (tertiary alicyclic amines) is 1. The molecule has 1 aromatic heterocycles. The third-order valence-electron chi connectivity index (χ3n) is 4.96. The Morgan fingerprint density at radius 1 is 1.21 bits per heavy atom. The van der Waals surface area contributed by atoms with Crippen LogP contribution in [0.4, 0.5) is 0 Å². The highest BCUT2D eigenvalue weighted by Gasteiger charge is 2.25. The first kappa shape index (κ1) is 16.6. The molecule has 128 valence electrons. The van der Waals surface area contributed by atoms with Gasteiger partial charge in [-0.1, -0.05) is 12.1 Å². The van der Waals surface area contributed by atoms with E-state index in [4.69, 9.17) is 9.15 Å². The van der Waals surface area contributed by atoms with E-state index in [0.29, 0.717) is 11.7 Å². The number of carbonyl (C=O) groups excluding carboxylic acids is 1. The molecule has 24 heavy (non-hydrogen) atoms. The van der Waals surface area contributed by atoms with Gasteiger partial charge in [-0.25, -0.2) is 0 Å². The number of rotatable bonds is 5. The summed E-state index contributed by atoms with van der Waals surface area (Å²) in [6.07, 6.45) is 5.99. The van der Waals surface area contributed by atoms with Gasteiger partial charge in [-0.2, -0.15) is 0 Å². The van der Waals surface area contributed by atoms with Crippen LogP contribution in [-0.4, -0.2) is 31.0 Å². The van der Waals surface area contributed by atoms with Crippen LogP contribution in [0.5, 0.6) is 5.75 Å². The fraction of sp³-hybridized carbons (Fsp3) is 0.450. The number of methoxy groups -OCH3 is 1. The van der Waals surface area contributed by atoms with E-state index in [-0.39, 0.29) is 5.91 Å². The Bertz CT molecular complexity index is 666. The summed E-state index contributed by atoms with van der Waals surface area (Å²) in [5.41, 5.74) is 2.27. The van der Waals surface area contributed by atoms with Crippen molar-refractivity contribution in [3.8, 4) is 5.75 Å². The normalized spacial score (nSPS) is 15.5. The van der Waals surface area contributed by atoms with E-state index in [1.54, 1.807) is 13.4 Å². The highest BCUT2D eigenvalue weighted by Crippen LogP contribution is 2.25. The van der Waals surface area contributed by atoms with Crippen LogP contribution in [0.25, 0.3) is 0 Å². The van der Waals surface area contributed by atoms with Crippen molar-refractivity contribution >= 4 is 5.91 Å². The second-order valence-corrected chi connectivity index (χ2v) is 6.56. The minimum absolute atomic E-state index is 0.0334. The Morgan fingerprint density at radius 2 is 1.92 bits per heavy atom. The number of nitrogens with zero attached hydrogens (tertiary/aromatic N) is 1. The second kappa shape index (κ2) is 7.56. The molecule has 1 aliphatic heterocycles. The molecule has 0 spiro atoms. The standard InChI is InChI=1S/C20H25NO3/c1-15-11-14-24-19(15)20(22)21-12-9-17(10-13-21)4-3-16-5-7-18(23-2)8-6-16/h5-8,11,14,17H,3-4,9-10,12-13H2,1-2H3. The van der Waals surface area contributed by atoms with E-state index >= 15 is 0 Å². The number of furan rings is 1. The molecule has 1 fully saturated rings. The lowest BCUT2D eigenvalue weighted by molar-refractivity contribution is 0.0654. The van der Waals surface area contributed by atoms with Crippen LogP contribution >= 0.6 is 0 Å². The molecule has 0 radical (unpaired) electrons. The second-order valence-electron chi connectivity index (χ2n) is 6.56. The van der Waals surface area contributed by atoms with Gasteiger partial charge in [0.2, 0.25) is 0 Å². The third-order valence-corrected chi connectivity index (χ3v) is 4.96. The third kappa shape index (κ3) is 3.81. The van der Waals surface area contributed by atoms with Crippen molar-refractivity contribution in [3.05, 3.63) is 53.5 Å². The van der Waals surface area contributed by atoms with E-state index in [9.17, 15) is 4.79 Å². The molecule has 3 rings (SSSR count). The Kier molecular flexibility index (Phi) is 5.24. The van der Waals surface area contributed by atoms with Crippen molar-refractivity contribution in [1.82, 2.24) is 4.90 Å². The van der Waals surface area contributed by atoms with Gasteiger partial charge in [0, 0.05) is 18.7 Å². The number of aryl methyl sites for hydroxylation is 2. The number of hydrogen-bond acceptors (Lipinski definition) is 3. The molecular weight excluding hydrogens is 302 g/mol. The van der Waals surface area contributed by atoms with Gasteiger partial charge in [0.1, 0.15) is 5.75 Å². The zero-order chi connectivity index (χ0) is 16.9. The van der Waals surface area contributed by atoms with Gasteiger partial charge < -0.3 is 14.1 Å². The number of piperidine rings is 1. The molecule has 4 nitrogen and oxygen atoms in total. The quantitative estimate of drug-likeness (QED) is 0.831. The summed E-state index contributed by atoms with van der Waals surface area (Å²) in [7, 11) is 1.69. The molecule has 2 heterocycles. The van der Waals surface area contributed by atoms with E-state index < -0.39 is 0 Å². The molecule has 1 amide bonds. The van der Waals surface area contributed by atoms with E-state index in [0.717, 1.165) is 43.7 Å². The summed E-state index contributed by atoms with van der Waals surface area (Å²) in [6, 6.07) is 10.1. The minimum Gasteiger partial charge on any atom is -0.497 e. The van der Waals surface area contributed by atoms with Crippen molar-refractivity contribution in [2.24, 2.45) is 5.92 Å². The zero-order valence-electron chi connectivity index (χ0n) is 14.5. The predicted octanol–water partition coefficient (Wildman–Crippen LogP) is 4.08. The number of hydrogen-bond donors (Lipinski definition) is 0. The van der Waals surface area contributed by atoms with Gasteiger partial charge in [-0.15, -0.1) is 0 Å². The summed E-state index contributed by atoms with van der Waals surface area (Å²) in [5.74, 6) is 2.12. The maximum Gasteiger partial charge on any atom is 0.289 e. The molecule has 0 bridgehead atoms. The van der Waals surface area contributed by atoms with Crippen molar-refractivity contribution in [2.75, 3.05) is 20.2 Å². The lowest BCUT2D eigenvalue weighted by atomic mass is 9.90. The van der Waals surface area contributed by atoms with Crippen molar-refractivity contribution in [1.29, 1.82) is 0 Å². The van der Waals surface area contributed by atoms with Crippen LogP contribution < -0.4 is 4.74 Å². The summed E-state index contributed by atoms with van der Waals surface area (Å²) in [4.78, 5) is 14.4. The maximum absolute atomic E-state index is 12.4. The smallest absolute Gasteiger partial charge is 0.289 e. The SMILES string of the molecule is COc1ccc(CCC2CCN(C(=O)c3occc3C)CC2)cc1. The maximum atomic E-state index is 12.4. The van der Waals surface area contributed by atoms with Gasteiger partial charge in [0.25, 0.3) is 5.91 Å². The largest absolute Gasteiger partial charge is 0.497 e. The summed E-state index contributed by atoms with van der Waals surface area (Å²) in [5, 5.41) is 0. The lowest BCUT2D eigenvalue weighted by Gasteiger charge is -2.31. The fourth-order valence-electron chi connectivity index (χ4n) is 3.32. The van der Waals surface area contributed by atoms with E-state index in [1.165, 1.54) is 12.0 Å². The summed E-state index contributed by atoms with van der Waals surface area (Å²) >= 11 is 0. The molecule has 1 saturated heterocycles. The Labute approximate surface area is 143 Å². The number of amides is 1. The molecule has 0 aliphatic carbocycles. The average Bonchev–Trinajstić information content (AvgIpc) is 3.06. The molecule has 0 atom stereocenters. The first-order valence-electron chi connectivity index (χ1n) is 8.63. The summed E-state index contributed by atoms with van der Waals surface area (Å²) < 4.78 is 10.5. The molecule has 1 aromatic carbocycles. The predicted molar refractivity (Wildman–Crippen MR) is 93.4 cm³/mol. The minimum atomic E-state index is 0.0334. The first-order valence-corrected chi connectivity index (χ1v) is 8.63. The zero-order valence-corrected chi connectivity index (χ0v) is 14.5. The molecule has 4 heteroatoms. The Morgan fingerprint density at radius 3 is 2.50 bits per heavy atom. The highest BCUT2D eigenvalue weighted by atomic mass is 16.5. The van der Waals surface area contributed by atoms with Gasteiger partial charge >= 0.3 is 0 Å². The number of carbonyl (C=O) groups is 1. The average molecular weight is 327 g/mol. The first-order chi connectivity index (χ1) is 11.7. The summed E-state index contributed by atoms with van der Waals surface area (Å²) in [6.45, 7) is 3.57. The molecular formula is C20H25NO3. The lowest BCUT2D eigenvalue weighted by Crippen LogP contribution is -2.38. The highest BCUT2D eigenvalue weighted by molar-refractivity contribution is 5.92. The van der Waals surface area contributed by atoms with Gasteiger partial charge in [-0.05, 0) is 62.3 Å². The topological polar surface area (TPSA) is 42.7 Å². The van der Waals surface area contributed by atoms with Crippen LogP contribution in [0.1, 0.15) is 40.9 Å². The monoisotopic (exact) mass is 327 g/mol. The van der Waals surface area contributed by atoms with Crippen LogP contribution in [0.2, 0.25) is 0 Å². The Balaban J connectivity index is 1.46. The van der Waals surface area contributed by atoms with Crippen molar-refractivity contribution in [3.63, 3.8) is 0 Å². The van der Waals surface area contributed by atoms with Crippen molar-refractivity contribution in [2.45, 2.75) is 32.6 Å². The molecule has 0 unspecified atom stereocenters. The molecule has 0 saturated carbocycles. The van der Waals surface area contributed by atoms with Crippen LogP contribution in [0, 0.1) is 12.8 Å². The Hall–Kier alpha value is -2.23. The van der Waals surface area contributed by atoms with Crippen LogP contribution in [0.3, 0.4) is 0 Å². The number of ether oxygens (including phenoxy) is 1. The van der Waals surface area contributed by atoms with Crippen molar-refractivity contribution < 1.29 is 13.9 Å². The molecule has 1 aliphatic rings.